The zero-order valence-electron chi connectivity index (χ0n) is 9.66. The van der Waals surface area contributed by atoms with Gasteiger partial charge >= 0.3 is 0 Å². The van der Waals surface area contributed by atoms with Gasteiger partial charge in [0.05, 0.1) is 11.0 Å². The number of rotatable bonds is 1. The van der Waals surface area contributed by atoms with Gasteiger partial charge in [-0.3, -0.25) is 4.79 Å². The molecular formula is C14H11ClN2O. The molecule has 18 heavy (non-hydrogen) atoms. The molecule has 0 saturated carbocycles. The van der Waals surface area contributed by atoms with Crippen molar-refractivity contribution < 1.29 is 0 Å². The van der Waals surface area contributed by atoms with E-state index in [0.717, 1.165) is 35.0 Å². The third kappa shape index (κ3) is 1.17. The van der Waals surface area contributed by atoms with Crippen molar-refractivity contribution in [1.82, 2.24) is 9.38 Å². The van der Waals surface area contributed by atoms with Crippen LogP contribution in [-0.4, -0.2) is 9.38 Å². The zero-order valence-corrected chi connectivity index (χ0v) is 10.4. The molecular weight excluding hydrogens is 248 g/mol. The molecule has 0 bridgehead atoms. The molecule has 3 heterocycles. The largest absolute Gasteiger partial charge is 0.319 e. The van der Waals surface area contributed by atoms with Crippen LogP contribution in [0.3, 0.4) is 0 Å². The lowest BCUT2D eigenvalue weighted by molar-refractivity contribution is 0.868. The van der Waals surface area contributed by atoms with Crippen LogP contribution in [0.15, 0.2) is 29.1 Å². The van der Waals surface area contributed by atoms with Gasteiger partial charge in [0.2, 0.25) is 0 Å². The third-order valence-electron chi connectivity index (χ3n) is 3.72. The van der Waals surface area contributed by atoms with Gasteiger partial charge in [-0.1, -0.05) is 6.07 Å². The minimum absolute atomic E-state index is 0.0340. The second-order valence-electron chi connectivity index (χ2n) is 4.78. The van der Waals surface area contributed by atoms with Crippen molar-refractivity contribution in [2.24, 2.45) is 0 Å². The molecule has 4 heteroatoms. The fourth-order valence-electron chi connectivity index (χ4n) is 2.95. The fraction of sp³-hybridized carbons (Fsp3) is 0.214. The minimum Gasteiger partial charge on any atom is -0.319 e. The summed E-state index contributed by atoms with van der Waals surface area (Å²) in [4.78, 5) is 15.0. The van der Waals surface area contributed by atoms with Gasteiger partial charge in [0, 0.05) is 11.6 Å². The summed E-state index contributed by atoms with van der Waals surface area (Å²) in [5, 5.41) is 0. The Morgan fingerprint density at radius 1 is 1.28 bits per heavy atom. The number of aromatic nitrogens is 2. The molecule has 4 rings (SSSR count). The minimum atomic E-state index is -0.0340. The summed E-state index contributed by atoms with van der Waals surface area (Å²) in [6.07, 6.45) is 1.98. The summed E-state index contributed by atoms with van der Waals surface area (Å²) >= 11 is 5.91. The summed E-state index contributed by atoms with van der Waals surface area (Å²) in [6, 6.07) is 8.07. The SMILES string of the molecule is O=c1[nH]c2cc(CCl)cc3c2n2c(ccc12)CC3. The molecule has 1 aliphatic heterocycles. The van der Waals surface area contributed by atoms with E-state index in [1.165, 1.54) is 11.3 Å². The van der Waals surface area contributed by atoms with Gasteiger partial charge in [0.25, 0.3) is 5.56 Å². The Morgan fingerprint density at radius 2 is 2.17 bits per heavy atom. The average Bonchev–Trinajstić information content (AvgIpc) is 2.82. The van der Waals surface area contributed by atoms with Crippen LogP contribution in [-0.2, 0) is 18.7 Å². The van der Waals surface area contributed by atoms with Crippen molar-refractivity contribution in [3.8, 4) is 0 Å². The Balaban J connectivity index is 2.33. The Bertz CT molecular complexity index is 844. The van der Waals surface area contributed by atoms with Crippen molar-refractivity contribution in [2.45, 2.75) is 18.7 Å². The number of H-pyrrole nitrogens is 1. The van der Waals surface area contributed by atoms with Gasteiger partial charge in [-0.15, -0.1) is 11.6 Å². The van der Waals surface area contributed by atoms with Crippen LogP contribution in [0.4, 0.5) is 0 Å². The number of aryl methyl sites for hydroxylation is 2. The van der Waals surface area contributed by atoms with E-state index in [1.54, 1.807) is 0 Å². The second-order valence-corrected chi connectivity index (χ2v) is 5.05. The van der Waals surface area contributed by atoms with Gasteiger partial charge in [-0.2, -0.15) is 0 Å². The van der Waals surface area contributed by atoms with Crippen LogP contribution in [0.5, 0.6) is 0 Å². The molecule has 1 aliphatic rings. The maximum Gasteiger partial charge on any atom is 0.272 e. The molecule has 0 fully saturated rings. The molecule has 2 aromatic heterocycles. The van der Waals surface area contributed by atoms with Gasteiger partial charge in [-0.05, 0) is 42.2 Å². The molecule has 0 atom stereocenters. The number of aromatic amines is 1. The van der Waals surface area contributed by atoms with Gasteiger partial charge < -0.3 is 9.38 Å². The highest BCUT2D eigenvalue weighted by atomic mass is 35.5. The van der Waals surface area contributed by atoms with E-state index in [9.17, 15) is 4.79 Å². The van der Waals surface area contributed by atoms with Crippen LogP contribution < -0.4 is 5.56 Å². The molecule has 3 nitrogen and oxygen atoms in total. The predicted molar refractivity (Wildman–Crippen MR) is 72.5 cm³/mol. The summed E-state index contributed by atoms with van der Waals surface area (Å²) in [6.45, 7) is 0. The number of nitrogens with zero attached hydrogens (tertiary/aromatic N) is 1. The average molecular weight is 259 g/mol. The van der Waals surface area contributed by atoms with E-state index in [1.807, 2.05) is 18.2 Å². The van der Waals surface area contributed by atoms with Crippen molar-refractivity contribution in [3.05, 3.63) is 51.4 Å². The first-order valence-corrected chi connectivity index (χ1v) is 6.55. The van der Waals surface area contributed by atoms with Crippen molar-refractivity contribution >= 4 is 28.2 Å². The Labute approximate surface area is 108 Å². The Morgan fingerprint density at radius 3 is 3.00 bits per heavy atom. The van der Waals surface area contributed by atoms with E-state index in [-0.39, 0.29) is 5.56 Å². The summed E-state index contributed by atoms with van der Waals surface area (Å²) in [5.74, 6) is 0.474. The number of alkyl halides is 1. The fourth-order valence-corrected chi connectivity index (χ4v) is 3.11. The van der Waals surface area contributed by atoms with E-state index in [2.05, 4.69) is 15.5 Å². The highest BCUT2D eigenvalue weighted by molar-refractivity contribution is 6.17. The summed E-state index contributed by atoms with van der Waals surface area (Å²) in [5.41, 5.74) is 6.26. The first-order chi connectivity index (χ1) is 8.78. The smallest absolute Gasteiger partial charge is 0.272 e. The highest BCUT2D eigenvalue weighted by Crippen LogP contribution is 2.27. The third-order valence-corrected chi connectivity index (χ3v) is 4.03. The standard InChI is InChI=1S/C14H11ClN2O/c15-7-8-5-9-1-2-10-3-4-12-14(18)16-11(6-8)13(9)17(10)12/h3-6H,1-2,7H2,(H,16,18). The van der Waals surface area contributed by atoms with Crippen molar-refractivity contribution in [1.29, 1.82) is 0 Å². The Hall–Kier alpha value is -1.74. The quantitative estimate of drug-likeness (QED) is 0.670. The number of halogens is 1. The number of hydrogen-bond acceptors (Lipinski definition) is 1. The van der Waals surface area contributed by atoms with Crippen molar-refractivity contribution in [3.63, 3.8) is 0 Å². The van der Waals surface area contributed by atoms with Crippen LogP contribution in [0, 0.1) is 0 Å². The number of nitrogens with one attached hydrogen (secondary N) is 1. The zero-order chi connectivity index (χ0) is 12.3. The topological polar surface area (TPSA) is 37.3 Å². The molecule has 0 aliphatic carbocycles. The van der Waals surface area contributed by atoms with E-state index < -0.39 is 0 Å². The maximum absolute atomic E-state index is 12.0. The molecule has 0 radical (unpaired) electrons. The molecule has 1 aromatic carbocycles. The van der Waals surface area contributed by atoms with Crippen LogP contribution in [0.2, 0.25) is 0 Å². The van der Waals surface area contributed by atoms with Crippen LogP contribution in [0.25, 0.3) is 16.6 Å². The van der Waals surface area contributed by atoms with Crippen LogP contribution in [0.1, 0.15) is 16.8 Å². The maximum atomic E-state index is 12.0. The lowest BCUT2D eigenvalue weighted by atomic mass is 10.0. The molecule has 0 unspecified atom stereocenters. The normalized spacial score (nSPS) is 13.8. The van der Waals surface area contributed by atoms with Crippen LogP contribution >= 0.6 is 11.6 Å². The molecule has 3 aromatic rings. The number of benzene rings is 1. The Kier molecular flexibility index (Phi) is 1.92. The van der Waals surface area contributed by atoms with Crippen molar-refractivity contribution in [2.75, 3.05) is 0 Å². The molecule has 0 spiro atoms. The predicted octanol–water partition coefficient (Wildman–Crippen LogP) is 2.62. The first kappa shape index (κ1) is 10.2. The monoisotopic (exact) mass is 258 g/mol. The van der Waals surface area contributed by atoms with Gasteiger partial charge in [0.15, 0.2) is 0 Å². The van der Waals surface area contributed by atoms with E-state index in [0.29, 0.717) is 5.88 Å². The van der Waals surface area contributed by atoms with Gasteiger partial charge in [0.1, 0.15) is 5.52 Å². The van der Waals surface area contributed by atoms with E-state index >= 15 is 0 Å². The highest BCUT2D eigenvalue weighted by Gasteiger charge is 2.17. The second kappa shape index (κ2) is 3.39. The molecule has 0 saturated heterocycles. The lowest BCUT2D eigenvalue weighted by Crippen LogP contribution is -2.15. The summed E-state index contributed by atoms with van der Waals surface area (Å²) in [7, 11) is 0. The number of hydrogen-bond donors (Lipinski definition) is 1. The lowest BCUT2D eigenvalue weighted by Gasteiger charge is -2.17. The van der Waals surface area contributed by atoms with Gasteiger partial charge in [-0.25, -0.2) is 0 Å². The molecule has 1 N–H and O–H groups in total. The summed E-state index contributed by atoms with van der Waals surface area (Å²) < 4.78 is 2.09. The molecule has 90 valence electrons. The van der Waals surface area contributed by atoms with E-state index in [4.69, 9.17) is 11.6 Å². The molecule has 0 amide bonds. The first-order valence-electron chi connectivity index (χ1n) is 6.02.